The zero-order valence-corrected chi connectivity index (χ0v) is 14.2. The number of aromatic amines is 1. The van der Waals surface area contributed by atoms with Crippen LogP contribution in [-0.4, -0.2) is 27.5 Å². The van der Waals surface area contributed by atoms with Crippen LogP contribution < -0.4 is 4.74 Å². The number of nitrogens with zero attached hydrogens (tertiary/aromatic N) is 2. The van der Waals surface area contributed by atoms with E-state index in [2.05, 4.69) is 15.0 Å². The first-order chi connectivity index (χ1) is 12.8. The van der Waals surface area contributed by atoms with Gasteiger partial charge in [-0.2, -0.15) is 0 Å². The van der Waals surface area contributed by atoms with Gasteiger partial charge in [0.1, 0.15) is 17.9 Å². The molecule has 2 heterocycles. The van der Waals surface area contributed by atoms with Gasteiger partial charge >= 0.3 is 5.97 Å². The molecule has 0 unspecified atom stereocenters. The summed E-state index contributed by atoms with van der Waals surface area (Å²) < 4.78 is 11.0. The Morgan fingerprint density at radius 3 is 2.73 bits per heavy atom. The first-order valence-corrected chi connectivity index (χ1v) is 8.37. The van der Waals surface area contributed by atoms with Gasteiger partial charge in [0.2, 0.25) is 5.82 Å². The maximum Gasteiger partial charge on any atom is 0.376 e. The van der Waals surface area contributed by atoms with Crippen LogP contribution in [0.3, 0.4) is 0 Å². The maximum absolute atomic E-state index is 12.0. The molecule has 2 aromatic carbocycles. The van der Waals surface area contributed by atoms with Gasteiger partial charge in [0.05, 0.1) is 29.2 Å². The molecule has 0 aliphatic carbocycles. The molecule has 4 aromatic rings. The van der Waals surface area contributed by atoms with Gasteiger partial charge in [0.25, 0.3) is 0 Å². The number of H-pyrrole nitrogens is 1. The predicted molar refractivity (Wildman–Crippen MR) is 98.1 cm³/mol. The molecular weight excluding hydrogens is 330 g/mol. The molecule has 0 atom stereocenters. The number of hydrogen-bond donors (Lipinski definition) is 1. The van der Waals surface area contributed by atoms with Crippen molar-refractivity contribution in [1.29, 1.82) is 0 Å². The Morgan fingerprint density at radius 2 is 1.92 bits per heavy atom. The number of fused-ring (bicyclic) bond motifs is 3. The van der Waals surface area contributed by atoms with Crippen LogP contribution in [0.1, 0.15) is 23.1 Å². The minimum Gasteiger partial charge on any atom is -0.488 e. The summed E-state index contributed by atoms with van der Waals surface area (Å²) in [6.07, 6.45) is 1.59. The summed E-state index contributed by atoms with van der Waals surface area (Å²) in [5, 5.41) is 0.825. The van der Waals surface area contributed by atoms with Crippen molar-refractivity contribution in [3.63, 3.8) is 0 Å². The van der Waals surface area contributed by atoms with Gasteiger partial charge in [-0.15, -0.1) is 0 Å². The van der Waals surface area contributed by atoms with E-state index in [0.717, 1.165) is 22.0 Å². The fourth-order valence-corrected chi connectivity index (χ4v) is 2.84. The molecule has 0 radical (unpaired) electrons. The molecule has 0 aliphatic heterocycles. The summed E-state index contributed by atoms with van der Waals surface area (Å²) in [6, 6.07) is 15.7. The lowest BCUT2D eigenvalue weighted by atomic mass is 10.2. The lowest BCUT2D eigenvalue weighted by Gasteiger charge is -2.08. The van der Waals surface area contributed by atoms with E-state index in [0.29, 0.717) is 17.9 Å². The van der Waals surface area contributed by atoms with E-state index < -0.39 is 5.97 Å². The van der Waals surface area contributed by atoms with Crippen LogP contribution in [0.15, 0.2) is 54.7 Å². The Kier molecular flexibility index (Phi) is 4.23. The third-order valence-electron chi connectivity index (χ3n) is 4.02. The highest BCUT2D eigenvalue weighted by Gasteiger charge is 2.16. The minimum absolute atomic E-state index is 0.0399. The molecule has 0 bridgehead atoms. The smallest absolute Gasteiger partial charge is 0.376 e. The number of aromatic nitrogens is 3. The molecule has 2 aromatic heterocycles. The SMILES string of the molecule is CCOC(=O)c1ncc2[nH]c3cccc(OCc4ccccc4)c3c2n1. The molecule has 0 aliphatic rings. The fraction of sp³-hybridized carbons (Fsp3) is 0.150. The number of carbonyl (C=O) groups excluding carboxylic acids is 1. The molecule has 26 heavy (non-hydrogen) atoms. The van der Waals surface area contributed by atoms with E-state index in [1.165, 1.54) is 0 Å². The van der Waals surface area contributed by atoms with E-state index in [9.17, 15) is 4.79 Å². The van der Waals surface area contributed by atoms with Crippen LogP contribution in [0.5, 0.6) is 5.75 Å². The van der Waals surface area contributed by atoms with Gasteiger partial charge in [-0.1, -0.05) is 36.4 Å². The Bertz CT molecular complexity index is 1070. The molecule has 0 fully saturated rings. The largest absolute Gasteiger partial charge is 0.488 e. The average Bonchev–Trinajstić information content (AvgIpc) is 3.05. The Balaban J connectivity index is 1.76. The molecule has 6 nitrogen and oxygen atoms in total. The van der Waals surface area contributed by atoms with Gasteiger partial charge in [-0.3, -0.25) is 0 Å². The van der Waals surface area contributed by atoms with Crippen LogP contribution in [-0.2, 0) is 11.3 Å². The highest BCUT2D eigenvalue weighted by Crippen LogP contribution is 2.32. The van der Waals surface area contributed by atoms with Crippen LogP contribution in [0, 0.1) is 0 Å². The van der Waals surface area contributed by atoms with E-state index in [-0.39, 0.29) is 12.4 Å². The van der Waals surface area contributed by atoms with E-state index in [4.69, 9.17) is 9.47 Å². The number of nitrogens with one attached hydrogen (secondary N) is 1. The number of carbonyl (C=O) groups is 1. The monoisotopic (exact) mass is 347 g/mol. The first-order valence-electron chi connectivity index (χ1n) is 8.37. The van der Waals surface area contributed by atoms with Crippen molar-refractivity contribution in [2.24, 2.45) is 0 Å². The van der Waals surface area contributed by atoms with Crippen LogP contribution in [0.4, 0.5) is 0 Å². The van der Waals surface area contributed by atoms with Crippen molar-refractivity contribution in [3.05, 3.63) is 66.1 Å². The van der Waals surface area contributed by atoms with Gasteiger partial charge in [0, 0.05) is 0 Å². The summed E-state index contributed by atoms with van der Waals surface area (Å²) in [5.74, 6) is 0.204. The Labute approximate surface area is 149 Å². The maximum atomic E-state index is 12.0. The van der Waals surface area contributed by atoms with E-state index in [1.54, 1.807) is 13.1 Å². The number of rotatable bonds is 5. The molecule has 0 saturated heterocycles. The lowest BCUT2D eigenvalue weighted by molar-refractivity contribution is 0.0512. The molecule has 0 saturated carbocycles. The summed E-state index contributed by atoms with van der Waals surface area (Å²) in [4.78, 5) is 23.7. The normalized spacial score (nSPS) is 11.0. The quantitative estimate of drug-likeness (QED) is 0.555. The topological polar surface area (TPSA) is 77.1 Å². The third kappa shape index (κ3) is 2.97. The van der Waals surface area contributed by atoms with Gasteiger partial charge < -0.3 is 14.5 Å². The zero-order chi connectivity index (χ0) is 17.9. The van der Waals surface area contributed by atoms with Crippen molar-refractivity contribution < 1.29 is 14.3 Å². The van der Waals surface area contributed by atoms with Crippen molar-refractivity contribution in [3.8, 4) is 5.75 Å². The van der Waals surface area contributed by atoms with E-state index in [1.807, 2.05) is 48.5 Å². The van der Waals surface area contributed by atoms with Crippen molar-refractivity contribution in [2.45, 2.75) is 13.5 Å². The second-order valence-electron chi connectivity index (χ2n) is 5.75. The number of ether oxygens (including phenoxy) is 2. The second kappa shape index (κ2) is 6.84. The second-order valence-corrected chi connectivity index (χ2v) is 5.75. The molecule has 6 heteroatoms. The molecule has 130 valence electrons. The van der Waals surface area contributed by atoms with Gasteiger partial charge in [-0.25, -0.2) is 14.8 Å². The molecule has 0 amide bonds. The van der Waals surface area contributed by atoms with Gasteiger partial charge in [-0.05, 0) is 24.6 Å². The summed E-state index contributed by atoms with van der Waals surface area (Å²) in [6.45, 7) is 2.47. The lowest BCUT2D eigenvalue weighted by Crippen LogP contribution is -2.09. The summed E-state index contributed by atoms with van der Waals surface area (Å²) in [5.41, 5.74) is 3.33. The first kappa shape index (κ1) is 16.1. The molecule has 4 rings (SSSR count). The standard InChI is InChI=1S/C20H17N3O3/c1-2-25-20(24)19-21-11-15-18(23-19)17-14(22-15)9-6-10-16(17)26-12-13-7-4-3-5-8-13/h3-11,22H,2,12H2,1H3. The fourth-order valence-electron chi connectivity index (χ4n) is 2.84. The summed E-state index contributed by atoms with van der Waals surface area (Å²) in [7, 11) is 0. The number of esters is 1. The third-order valence-corrected chi connectivity index (χ3v) is 4.02. The minimum atomic E-state index is -0.536. The number of benzene rings is 2. The van der Waals surface area contributed by atoms with Crippen LogP contribution in [0.25, 0.3) is 21.9 Å². The van der Waals surface area contributed by atoms with Gasteiger partial charge in [0.15, 0.2) is 0 Å². The van der Waals surface area contributed by atoms with Crippen LogP contribution in [0.2, 0.25) is 0 Å². The zero-order valence-electron chi connectivity index (χ0n) is 14.2. The highest BCUT2D eigenvalue weighted by atomic mass is 16.5. The molecule has 1 N–H and O–H groups in total. The average molecular weight is 347 g/mol. The van der Waals surface area contributed by atoms with Crippen molar-refractivity contribution in [2.75, 3.05) is 6.61 Å². The Morgan fingerprint density at radius 1 is 1.08 bits per heavy atom. The van der Waals surface area contributed by atoms with Crippen molar-refractivity contribution >= 4 is 27.9 Å². The van der Waals surface area contributed by atoms with Crippen molar-refractivity contribution in [1.82, 2.24) is 15.0 Å². The summed E-state index contributed by atoms with van der Waals surface area (Å²) >= 11 is 0. The highest BCUT2D eigenvalue weighted by molar-refractivity contribution is 6.08. The Hall–Kier alpha value is -3.41. The molecular formula is C20H17N3O3. The van der Waals surface area contributed by atoms with Crippen LogP contribution >= 0.6 is 0 Å². The number of hydrogen-bond acceptors (Lipinski definition) is 5. The van der Waals surface area contributed by atoms with E-state index >= 15 is 0 Å². The predicted octanol–water partition coefficient (Wildman–Crippen LogP) is 3.87. The molecule has 0 spiro atoms.